The second-order valence-corrected chi connectivity index (χ2v) is 10.4. The lowest BCUT2D eigenvalue weighted by Crippen LogP contribution is -2.43. The van der Waals surface area contributed by atoms with E-state index in [1.165, 1.54) is 57.4 Å². The molecule has 214 valence electrons. The van der Waals surface area contributed by atoms with Gasteiger partial charge >= 0.3 is 12.1 Å². The highest BCUT2D eigenvalue weighted by atomic mass is 19.4. The Morgan fingerprint density at radius 2 is 1.69 bits per heavy atom. The van der Waals surface area contributed by atoms with Gasteiger partial charge in [-0.05, 0) is 75.5 Å². The molecule has 2 aliphatic rings. The number of nitrogens with zero attached hydrogens (tertiary/aromatic N) is 3. The van der Waals surface area contributed by atoms with E-state index in [1.54, 1.807) is 12.3 Å². The number of amides is 1. The van der Waals surface area contributed by atoms with Crippen LogP contribution in [0.1, 0.15) is 61.9 Å². The lowest BCUT2D eigenvalue weighted by atomic mass is 10.0. The van der Waals surface area contributed by atoms with E-state index >= 15 is 0 Å². The summed E-state index contributed by atoms with van der Waals surface area (Å²) in [5.74, 6) is -2.30. The van der Waals surface area contributed by atoms with Crippen LogP contribution in [-0.2, 0) is 11.3 Å². The maximum atomic E-state index is 12.5. The van der Waals surface area contributed by atoms with Gasteiger partial charge in [-0.3, -0.25) is 14.7 Å². The Morgan fingerprint density at radius 1 is 1.08 bits per heavy atom. The number of carbonyl (C=O) groups excluding carboxylic acids is 1. The van der Waals surface area contributed by atoms with E-state index in [1.807, 2.05) is 6.07 Å². The van der Waals surface area contributed by atoms with Gasteiger partial charge in [0.05, 0.1) is 5.69 Å². The van der Waals surface area contributed by atoms with E-state index in [2.05, 4.69) is 58.2 Å². The van der Waals surface area contributed by atoms with Crippen LogP contribution in [0.15, 0.2) is 42.6 Å². The van der Waals surface area contributed by atoms with Gasteiger partial charge in [0.15, 0.2) is 0 Å². The van der Waals surface area contributed by atoms with Gasteiger partial charge in [0.2, 0.25) is 0 Å². The fourth-order valence-corrected chi connectivity index (χ4v) is 4.83. The number of pyridine rings is 1. The van der Waals surface area contributed by atoms with Crippen LogP contribution in [0.5, 0.6) is 0 Å². The van der Waals surface area contributed by atoms with Crippen LogP contribution in [0.4, 0.5) is 13.2 Å². The van der Waals surface area contributed by atoms with Gasteiger partial charge in [-0.25, -0.2) is 4.79 Å². The zero-order valence-corrected chi connectivity index (χ0v) is 22.7. The Balaban J connectivity index is 0.000000532. The molecule has 0 bridgehead atoms. The van der Waals surface area contributed by atoms with Crippen molar-refractivity contribution >= 4 is 11.9 Å². The fourth-order valence-electron chi connectivity index (χ4n) is 4.83. The molecule has 2 aliphatic heterocycles. The van der Waals surface area contributed by atoms with Crippen molar-refractivity contribution in [2.75, 3.05) is 32.7 Å². The normalized spacial score (nSPS) is 17.8. The van der Waals surface area contributed by atoms with Gasteiger partial charge in [-0.15, -0.1) is 0 Å². The van der Waals surface area contributed by atoms with E-state index in [0.717, 1.165) is 30.3 Å². The number of hydrogen-bond donors (Lipinski definition) is 2. The number of hydrogen-bond acceptors (Lipinski definition) is 5. The van der Waals surface area contributed by atoms with Crippen molar-refractivity contribution in [1.82, 2.24) is 20.1 Å². The van der Waals surface area contributed by atoms with Gasteiger partial charge in [0, 0.05) is 36.5 Å². The Labute approximate surface area is 228 Å². The second kappa shape index (κ2) is 14.4. The standard InChI is InChI=1S/C27H38N4O.C2HF3O2/c1-3-21(2)19-29-27(32)24-10-13-28-26(18-24)23-8-6-22(7-9-23)20-30-16-11-25(12-17-30)31-14-4-5-15-31;3-2(4,5)1(6)7/h6-10,13,18,21,25H,3-5,11-12,14-17,19-20H2,1-2H3,(H,29,32);(H,6,7)/t21-;/m0./s1. The number of alkyl halides is 3. The predicted octanol–water partition coefficient (Wildman–Crippen LogP) is 5.22. The number of nitrogens with one attached hydrogen (secondary N) is 1. The molecule has 1 aromatic heterocycles. The lowest BCUT2D eigenvalue weighted by molar-refractivity contribution is -0.192. The molecule has 0 radical (unpaired) electrons. The average Bonchev–Trinajstić information content (AvgIpc) is 3.47. The number of carboxylic acids is 1. The summed E-state index contributed by atoms with van der Waals surface area (Å²) in [6.45, 7) is 11.0. The van der Waals surface area contributed by atoms with E-state index in [9.17, 15) is 18.0 Å². The zero-order valence-electron chi connectivity index (χ0n) is 22.7. The fraction of sp³-hybridized carbons (Fsp3) is 0.552. The third-order valence-corrected chi connectivity index (χ3v) is 7.44. The van der Waals surface area contributed by atoms with Gasteiger partial charge in [-0.1, -0.05) is 44.5 Å². The first-order valence-electron chi connectivity index (χ1n) is 13.7. The summed E-state index contributed by atoms with van der Waals surface area (Å²) in [6, 6.07) is 13.2. The molecule has 1 amide bonds. The summed E-state index contributed by atoms with van der Waals surface area (Å²) in [4.78, 5) is 31.2. The molecule has 2 saturated heterocycles. The molecular weight excluding hydrogens is 509 g/mol. The van der Waals surface area contributed by atoms with Crippen LogP contribution in [-0.4, -0.2) is 76.7 Å². The molecule has 0 aliphatic carbocycles. The van der Waals surface area contributed by atoms with Gasteiger partial charge < -0.3 is 15.3 Å². The third kappa shape index (κ3) is 9.61. The summed E-state index contributed by atoms with van der Waals surface area (Å²) in [5, 5.41) is 10.2. The third-order valence-electron chi connectivity index (χ3n) is 7.44. The van der Waals surface area contributed by atoms with Gasteiger partial charge in [-0.2, -0.15) is 13.2 Å². The topological polar surface area (TPSA) is 85.8 Å². The summed E-state index contributed by atoms with van der Waals surface area (Å²) in [5.41, 5.74) is 3.91. The molecule has 0 saturated carbocycles. The molecule has 39 heavy (non-hydrogen) atoms. The number of piperidine rings is 1. The zero-order chi connectivity index (χ0) is 28.4. The number of halogens is 3. The van der Waals surface area contributed by atoms with Crippen LogP contribution in [0.3, 0.4) is 0 Å². The molecule has 4 rings (SSSR count). The number of aromatic nitrogens is 1. The van der Waals surface area contributed by atoms with E-state index in [4.69, 9.17) is 9.90 Å². The van der Waals surface area contributed by atoms with Crippen molar-refractivity contribution in [3.05, 3.63) is 53.7 Å². The highest BCUT2D eigenvalue weighted by molar-refractivity contribution is 5.95. The minimum absolute atomic E-state index is 0.0251. The molecule has 0 unspecified atom stereocenters. The minimum Gasteiger partial charge on any atom is -0.475 e. The molecule has 3 heterocycles. The summed E-state index contributed by atoms with van der Waals surface area (Å²) >= 11 is 0. The number of aliphatic carboxylic acids is 1. The highest BCUT2D eigenvalue weighted by Crippen LogP contribution is 2.23. The molecule has 0 spiro atoms. The first-order valence-corrected chi connectivity index (χ1v) is 13.7. The SMILES string of the molecule is CC[C@H](C)CNC(=O)c1ccnc(-c2ccc(CN3CCC(N4CCCC4)CC3)cc2)c1.O=C(O)C(F)(F)F. The molecule has 2 fully saturated rings. The van der Waals surface area contributed by atoms with E-state index in [0.29, 0.717) is 18.0 Å². The van der Waals surface area contributed by atoms with Crippen molar-refractivity contribution in [2.45, 2.75) is 64.7 Å². The molecule has 1 aromatic carbocycles. The van der Waals surface area contributed by atoms with Crippen molar-refractivity contribution in [1.29, 1.82) is 0 Å². The van der Waals surface area contributed by atoms with Gasteiger partial charge in [0.1, 0.15) is 0 Å². The summed E-state index contributed by atoms with van der Waals surface area (Å²) in [7, 11) is 0. The number of benzene rings is 1. The average molecular weight is 549 g/mol. The molecule has 1 atom stereocenters. The van der Waals surface area contributed by atoms with Crippen LogP contribution < -0.4 is 5.32 Å². The van der Waals surface area contributed by atoms with Gasteiger partial charge in [0.25, 0.3) is 5.91 Å². The number of carboxylic acid groups (broad SMARTS) is 1. The number of carbonyl (C=O) groups is 2. The van der Waals surface area contributed by atoms with Crippen molar-refractivity contribution < 1.29 is 27.9 Å². The Bertz CT molecular complexity index is 1060. The van der Waals surface area contributed by atoms with Crippen LogP contribution in [0.2, 0.25) is 0 Å². The largest absolute Gasteiger partial charge is 0.490 e. The van der Waals surface area contributed by atoms with Crippen LogP contribution >= 0.6 is 0 Å². The number of likely N-dealkylation sites (tertiary alicyclic amines) is 2. The van der Waals surface area contributed by atoms with E-state index < -0.39 is 12.1 Å². The maximum absolute atomic E-state index is 12.5. The molecular formula is C29H39F3N4O3. The maximum Gasteiger partial charge on any atom is 0.490 e. The van der Waals surface area contributed by atoms with Crippen molar-refractivity contribution in [2.24, 2.45) is 5.92 Å². The summed E-state index contributed by atoms with van der Waals surface area (Å²) in [6.07, 6.45) is 3.07. The highest BCUT2D eigenvalue weighted by Gasteiger charge is 2.38. The quantitative estimate of drug-likeness (QED) is 0.471. The van der Waals surface area contributed by atoms with E-state index in [-0.39, 0.29) is 5.91 Å². The monoisotopic (exact) mass is 548 g/mol. The predicted molar refractivity (Wildman–Crippen MR) is 144 cm³/mol. The van der Waals surface area contributed by atoms with Crippen molar-refractivity contribution in [3.8, 4) is 11.3 Å². The second-order valence-electron chi connectivity index (χ2n) is 10.4. The van der Waals surface area contributed by atoms with Crippen LogP contribution in [0.25, 0.3) is 11.3 Å². The molecule has 2 aromatic rings. The Morgan fingerprint density at radius 3 is 2.26 bits per heavy atom. The number of rotatable bonds is 8. The molecule has 10 heteroatoms. The smallest absolute Gasteiger partial charge is 0.475 e. The first kappa shape index (κ1) is 30.6. The first-order chi connectivity index (χ1) is 18.6. The van der Waals surface area contributed by atoms with Crippen molar-refractivity contribution in [3.63, 3.8) is 0 Å². The van der Waals surface area contributed by atoms with Crippen LogP contribution in [0, 0.1) is 5.92 Å². The lowest BCUT2D eigenvalue weighted by Gasteiger charge is -2.36. The minimum atomic E-state index is -5.08. The molecule has 2 N–H and O–H groups in total. The summed E-state index contributed by atoms with van der Waals surface area (Å²) < 4.78 is 31.7. The molecule has 7 nitrogen and oxygen atoms in total. The Kier molecular flexibility index (Phi) is 11.3. The Hall–Kier alpha value is -2.98.